The van der Waals surface area contributed by atoms with Crippen molar-refractivity contribution in [1.82, 2.24) is 24.2 Å². The van der Waals surface area contributed by atoms with Crippen LogP contribution >= 0.6 is 0 Å². The summed E-state index contributed by atoms with van der Waals surface area (Å²) in [5, 5.41) is 4.64. The molecule has 2 aromatic rings. The third-order valence-electron chi connectivity index (χ3n) is 4.99. The maximum absolute atomic E-state index is 13.1. The molecular formula is C17H23N5O2. The van der Waals surface area contributed by atoms with E-state index in [-0.39, 0.29) is 18.1 Å². The Kier molecular flexibility index (Phi) is 3.68. The topological polar surface area (TPSA) is 65.2 Å². The third kappa shape index (κ3) is 2.34. The molecular weight excluding hydrogens is 306 g/mol. The summed E-state index contributed by atoms with van der Waals surface area (Å²) in [4.78, 5) is 19.0. The normalized spacial score (nSPS) is 23.9. The summed E-state index contributed by atoms with van der Waals surface area (Å²) in [5.74, 6) is 0.0864. The van der Waals surface area contributed by atoms with Gasteiger partial charge in [-0.25, -0.2) is 4.98 Å². The van der Waals surface area contributed by atoms with E-state index >= 15 is 0 Å². The predicted octanol–water partition coefficient (Wildman–Crippen LogP) is 1.82. The van der Waals surface area contributed by atoms with Crippen LogP contribution in [0.1, 0.15) is 54.7 Å². The molecule has 0 bridgehead atoms. The molecule has 0 spiro atoms. The van der Waals surface area contributed by atoms with E-state index in [1.807, 2.05) is 36.0 Å². The van der Waals surface area contributed by atoms with Crippen molar-refractivity contribution in [2.24, 2.45) is 0 Å². The number of fused-ring (bicyclic) bond motifs is 1. The van der Waals surface area contributed by atoms with E-state index in [1.54, 1.807) is 6.20 Å². The predicted molar refractivity (Wildman–Crippen MR) is 87.7 cm³/mol. The second kappa shape index (κ2) is 5.73. The Hall–Kier alpha value is -2.15. The summed E-state index contributed by atoms with van der Waals surface area (Å²) < 4.78 is 9.77. The first-order valence-corrected chi connectivity index (χ1v) is 8.60. The number of ether oxygens (including phenoxy) is 1. The maximum atomic E-state index is 13.1. The van der Waals surface area contributed by atoms with Crippen LogP contribution in [-0.4, -0.2) is 49.3 Å². The molecule has 4 heterocycles. The lowest BCUT2D eigenvalue weighted by Gasteiger charge is -2.40. The Balaban J connectivity index is 1.59. The van der Waals surface area contributed by atoms with Crippen molar-refractivity contribution in [2.75, 3.05) is 13.1 Å². The monoisotopic (exact) mass is 329 g/mol. The van der Waals surface area contributed by atoms with Crippen LogP contribution < -0.4 is 0 Å². The molecule has 2 aliphatic rings. The number of aryl methyl sites for hydroxylation is 1. The average Bonchev–Trinajstić information content (AvgIpc) is 3.12. The van der Waals surface area contributed by atoms with Crippen molar-refractivity contribution in [1.29, 1.82) is 0 Å². The summed E-state index contributed by atoms with van der Waals surface area (Å²) in [6.07, 6.45) is 6.34. The number of carbonyl (C=O) groups is 1. The highest BCUT2D eigenvalue weighted by Gasteiger charge is 2.38. The first kappa shape index (κ1) is 15.4. The van der Waals surface area contributed by atoms with Crippen molar-refractivity contribution in [3.8, 4) is 0 Å². The van der Waals surface area contributed by atoms with Gasteiger partial charge in [0.2, 0.25) is 0 Å². The molecule has 4 rings (SSSR count). The first-order valence-electron chi connectivity index (χ1n) is 8.60. The Bertz CT molecular complexity index is 745. The van der Waals surface area contributed by atoms with Crippen molar-refractivity contribution in [3.05, 3.63) is 35.7 Å². The van der Waals surface area contributed by atoms with Crippen molar-refractivity contribution >= 4 is 5.91 Å². The fraction of sp³-hybridized carbons (Fsp3) is 0.588. The lowest BCUT2D eigenvalue weighted by Crippen LogP contribution is -2.51. The summed E-state index contributed by atoms with van der Waals surface area (Å²) in [5.41, 5.74) is 2.74. The van der Waals surface area contributed by atoms with E-state index in [0.29, 0.717) is 12.6 Å². The SMILES string of the molecule is CCn1nc2c(c1C(=O)N1CC(n3ccnc3)C1)C[C@H](C)O[C@@H]2C. The lowest BCUT2D eigenvalue weighted by atomic mass is 9.98. The zero-order chi connectivity index (χ0) is 16.8. The molecule has 2 atom stereocenters. The van der Waals surface area contributed by atoms with Gasteiger partial charge >= 0.3 is 0 Å². The molecule has 0 radical (unpaired) electrons. The molecule has 0 saturated carbocycles. The minimum absolute atomic E-state index is 0.0572. The fourth-order valence-corrected chi connectivity index (χ4v) is 3.71. The summed E-state index contributed by atoms with van der Waals surface area (Å²) in [7, 11) is 0. The number of rotatable bonds is 3. The Morgan fingerprint density at radius 2 is 2.17 bits per heavy atom. The number of carbonyl (C=O) groups excluding carboxylic acids is 1. The van der Waals surface area contributed by atoms with Crippen LogP contribution in [0, 0.1) is 0 Å². The van der Waals surface area contributed by atoms with Crippen LogP contribution in [-0.2, 0) is 17.7 Å². The van der Waals surface area contributed by atoms with E-state index in [0.717, 1.165) is 36.5 Å². The van der Waals surface area contributed by atoms with Gasteiger partial charge < -0.3 is 14.2 Å². The highest BCUT2D eigenvalue weighted by molar-refractivity contribution is 5.95. The van der Waals surface area contributed by atoms with Gasteiger partial charge in [0.15, 0.2) is 0 Å². The van der Waals surface area contributed by atoms with E-state index in [4.69, 9.17) is 4.74 Å². The van der Waals surface area contributed by atoms with Crippen LogP contribution in [0.3, 0.4) is 0 Å². The van der Waals surface area contributed by atoms with Crippen LogP contribution in [0.4, 0.5) is 0 Å². The number of imidazole rings is 1. The molecule has 0 aliphatic carbocycles. The number of hydrogen-bond acceptors (Lipinski definition) is 4. The molecule has 7 nitrogen and oxygen atoms in total. The number of likely N-dealkylation sites (tertiary alicyclic amines) is 1. The van der Waals surface area contributed by atoms with Crippen LogP contribution in [0.15, 0.2) is 18.7 Å². The zero-order valence-corrected chi connectivity index (χ0v) is 14.3. The summed E-state index contributed by atoms with van der Waals surface area (Å²) >= 11 is 0. The Morgan fingerprint density at radius 3 is 2.83 bits per heavy atom. The van der Waals surface area contributed by atoms with Gasteiger partial charge in [-0.1, -0.05) is 0 Å². The van der Waals surface area contributed by atoms with E-state index in [9.17, 15) is 4.79 Å². The van der Waals surface area contributed by atoms with Gasteiger partial charge in [-0.15, -0.1) is 0 Å². The smallest absolute Gasteiger partial charge is 0.272 e. The van der Waals surface area contributed by atoms with Crippen molar-refractivity contribution in [3.63, 3.8) is 0 Å². The Morgan fingerprint density at radius 1 is 1.38 bits per heavy atom. The van der Waals surface area contributed by atoms with Gasteiger partial charge in [-0.3, -0.25) is 9.48 Å². The summed E-state index contributed by atoms with van der Waals surface area (Å²) in [6, 6.07) is 0.325. The number of hydrogen-bond donors (Lipinski definition) is 0. The molecule has 24 heavy (non-hydrogen) atoms. The first-order chi connectivity index (χ1) is 11.6. The molecule has 7 heteroatoms. The lowest BCUT2D eigenvalue weighted by molar-refractivity contribution is -0.00722. The number of nitrogens with zero attached hydrogens (tertiary/aromatic N) is 5. The molecule has 2 aliphatic heterocycles. The van der Waals surface area contributed by atoms with E-state index in [1.165, 1.54) is 0 Å². The van der Waals surface area contributed by atoms with Gasteiger partial charge in [0.25, 0.3) is 5.91 Å². The molecule has 1 saturated heterocycles. The van der Waals surface area contributed by atoms with Crippen molar-refractivity contribution < 1.29 is 9.53 Å². The largest absolute Gasteiger partial charge is 0.369 e. The molecule has 2 aromatic heterocycles. The second-order valence-corrected chi connectivity index (χ2v) is 6.70. The van der Waals surface area contributed by atoms with Gasteiger partial charge in [0, 0.05) is 44.0 Å². The van der Waals surface area contributed by atoms with E-state index in [2.05, 4.69) is 21.6 Å². The minimum Gasteiger partial charge on any atom is -0.369 e. The van der Waals surface area contributed by atoms with Gasteiger partial charge in [-0.2, -0.15) is 5.10 Å². The third-order valence-corrected chi connectivity index (χ3v) is 4.99. The Labute approximate surface area is 141 Å². The number of amides is 1. The van der Waals surface area contributed by atoms with Crippen molar-refractivity contribution in [2.45, 2.75) is 52.0 Å². The fourth-order valence-electron chi connectivity index (χ4n) is 3.71. The zero-order valence-electron chi connectivity index (χ0n) is 14.3. The molecule has 1 fully saturated rings. The minimum atomic E-state index is -0.0572. The van der Waals surface area contributed by atoms with Gasteiger partial charge in [-0.05, 0) is 20.8 Å². The molecule has 0 unspecified atom stereocenters. The maximum Gasteiger partial charge on any atom is 0.272 e. The van der Waals surface area contributed by atoms with Gasteiger partial charge in [0.1, 0.15) is 5.69 Å². The molecule has 0 N–H and O–H groups in total. The molecule has 128 valence electrons. The van der Waals surface area contributed by atoms with E-state index < -0.39 is 0 Å². The standard InChI is InChI=1S/C17H23N5O2/c1-4-22-16(14-7-11(2)24-12(3)15(14)19-22)17(23)21-8-13(9-21)20-6-5-18-10-20/h5-6,10-13H,4,7-9H2,1-3H3/t11-,12+/m0/s1. The highest BCUT2D eigenvalue weighted by atomic mass is 16.5. The molecule has 0 aromatic carbocycles. The average molecular weight is 329 g/mol. The highest BCUT2D eigenvalue weighted by Crippen LogP contribution is 2.33. The number of aromatic nitrogens is 4. The quantitative estimate of drug-likeness (QED) is 0.861. The molecule has 1 amide bonds. The van der Waals surface area contributed by atoms with Gasteiger partial charge in [0.05, 0.1) is 30.3 Å². The van der Waals surface area contributed by atoms with Crippen LogP contribution in [0.25, 0.3) is 0 Å². The second-order valence-electron chi connectivity index (χ2n) is 6.70. The van der Waals surface area contributed by atoms with Crippen LogP contribution in [0.2, 0.25) is 0 Å². The van der Waals surface area contributed by atoms with Crippen LogP contribution in [0.5, 0.6) is 0 Å². The summed E-state index contributed by atoms with van der Waals surface area (Å²) in [6.45, 7) is 8.22.